The van der Waals surface area contributed by atoms with Gasteiger partial charge in [-0.3, -0.25) is 10.1 Å². The quantitative estimate of drug-likeness (QED) is 0.488. The molecule has 35 heavy (non-hydrogen) atoms. The smallest absolute Gasteiger partial charge is 0.413 e. The minimum absolute atomic E-state index is 0.0273. The summed E-state index contributed by atoms with van der Waals surface area (Å²) in [7, 11) is 4.46. The van der Waals surface area contributed by atoms with Crippen LogP contribution >= 0.6 is 8.19 Å². The Balaban J connectivity index is 1.63. The average molecular weight is 503 g/mol. The number of aryl methyl sites for hydroxylation is 2. The summed E-state index contributed by atoms with van der Waals surface area (Å²) in [5.41, 5.74) is -0.0301. The topological polar surface area (TPSA) is 143 Å². The lowest BCUT2D eigenvalue weighted by Crippen LogP contribution is -2.27. The van der Waals surface area contributed by atoms with Crippen molar-refractivity contribution in [3.05, 3.63) is 47.1 Å². The first-order valence-electron chi connectivity index (χ1n) is 10.4. The van der Waals surface area contributed by atoms with E-state index in [0.717, 1.165) is 0 Å². The van der Waals surface area contributed by atoms with E-state index < -0.39 is 29.5 Å². The number of carbonyl (C=O) groups excluding carboxylic acids is 4. The van der Waals surface area contributed by atoms with E-state index >= 15 is 0 Å². The predicted octanol–water partition coefficient (Wildman–Crippen LogP) is 3.40. The van der Waals surface area contributed by atoms with Crippen LogP contribution in [0.1, 0.15) is 52.0 Å². The van der Waals surface area contributed by atoms with Crippen LogP contribution in [0.4, 0.5) is 16.3 Å². The molecule has 0 aliphatic heterocycles. The van der Waals surface area contributed by atoms with Crippen molar-refractivity contribution in [3.8, 4) is 5.75 Å². The number of esters is 2. The molecule has 0 saturated heterocycles. The van der Waals surface area contributed by atoms with Gasteiger partial charge in [0.25, 0.3) is 5.91 Å². The summed E-state index contributed by atoms with van der Waals surface area (Å²) in [6, 6.07) is 2.91. The molecule has 3 aromatic rings. The fourth-order valence-electron chi connectivity index (χ4n) is 2.98. The van der Waals surface area contributed by atoms with Crippen molar-refractivity contribution in [1.82, 2.24) is 14.1 Å². The Bertz CT molecular complexity index is 1280. The largest absolute Gasteiger partial charge is 0.464 e. The van der Waals surface area contributed by atoms with E-state index in [4.69, 9.17) is 9.47 Å². The molecule has 3 aromatic heterocycles. The van der Waals surface area contributed by atoms with Crippen molar-refractivity contribution in [2.75, 3.05) is 17.7 Å². The summed E-state index contributed by atoms with van der Waals surface area (Å²) < 4.78 is 18.1. The monoisotopic (exact) mass is 503 g/mol. The molecule has 1 unspecified atom stereocenters. The van der Waals surface area contributed by atoms with Crippen molar-refractivity contribution in [2.45, 2.75) is 26.4 Å². The van der Waals surface area contributed by atoms with E-state index in [1.165, 1.54) is 40.8 Å². The number of aromatic nitrogens is 3. The van der Waals surface area contributed by atoms with E-state index in [-0.39, 0.29) is 31.3 Å². The van der Waals surface area contributed by atoms with Crippen LogP contribution in [-0.4, -0.2) is 50.8 Å². The summed E-state index contributed by atoms with van der Waals surface area (Å²) in [6.45, 7) is 5.20. The Kier molecular flexibility index (Phi) is 7.35. The Hall–Kier alpha value is -4.05. The minimum atomic E-state index is -0.689. The van der Waals surface area contributed by atoms with Crippen molar-refractivity contribution >= 4 is 43.6 Å². The summed E-state index contributed by atoms with van der Waals surface area (Å²) in [6.07, 6.45) is 2.28. The number of nitrogens with zero attached hydrogens (tertiary/aromatic N) is 3. The lowest BCUT2D eigenvalue weighted by molar-refractivity contribution is 0.0586. The number of imidazole rings is 1. The number of rotatable bonds is 6. The van der Waals surface area contributed by atoms with Crippen LogP contribution in [0.2, 0.25) is 0 Å². The van der Waals surface area contributed by atoms with E-state index in [1.54, 1.807) is 40.7 Å². The number of hydrogen-bond donors (Lipinski definition) is 2. The minimum Gasteiger partial charge on any atom is -0.464 e. The molecule has 0 spiro atoms. The van der Waals surface area contributed by atoms with Crippen molar-refractivity contribution in [1.29, 1.82) is 0 Å². The van der Waals surface area contributed by atoms with Crippen LogP contribution in [0.15, 0.2) is 30.3 Å². The molecular formula is C22H26N5O7P. The summed E-state index contributed by atoms with van der Waals surface area (Å²) in [4.78, 5) is 53.0. The van der Waals surface area contributed by atoms with E-state index in [2.05, 4.69) is 20.4 Å². The van der Waals surface area contributed by atoms with E-state index in [1.807, 2.05) is 0 Å². The number of methoxy groups -OCH3 is 1. The van der Waals surface area contributed by atoms with Gasteiger partial charge in [0.05, 0.1) is 12.4 Å². The first-order chi connectivity index (χ1) is 16.4. The Labute approximate surface area is 202 Å². The molecule has 0 aliphatic carbocycles. The zero-order valence-electron chi connectivity index (χ0n) is 20.1. The van der Waals surface area contributed by atoms with Crippen LogP contribution in [-0.2, 0) is 23.6 Å². The molecule has 0 saturated carbocycles. The maximum Gasteiger partial charge on any atom is 0.413 e. The van der Waals surface area contributed by atoms with E-state index in [0.29, 0.717) is 11.0 Å². The molecule has 3 rings (SSSR count). The Morgan fingerprint density at radius 2 is 1.71 bits per heavy atom. The first kappa shape index (κ1) is 25.6. The van der Waals surface area contributed by atoms with Gasteiger partial charge in [0.15, 0.2) is 5.82 Å². The van der Waals surface area contributed by atoms with Crippen LogP contribution in [0.3, 0.4) is 0 Å². The summed E-state index contributed by atoms with van der Waals surface area (Å²) in [5, 5.41) is 5.50. The van der Waals surface area contributed by atoms with E-state index in [9.17, 15) is 19.2 Å². The SMILES string of the molecule is COC(=O)c1cc(OC(=O)c2cc(NC(=O)c3nc(NC(=O)OC(C)(C)C)cn3C)c[pH]2)cn1C. The highest BCUT2D eigenvalue weighted by molar-refractivity contribution is 7.32. The zero-order chi connectivity index (χ0) is 25.9. The van der Waals surface area contributed by atoms with Gasteiger partial charge < -0.3 is 28.7 Å². The predicted molar refractivity (Wildman–Crippen MR) is 129 cm³/mol. The third-order valence-corrected chi connectivity index (χ3v) is 5.57. The number of nitrogens with one attached hydrogen (secondary N) is 2. The van der Waals surface area contributed by atoms with Gasteiger partial charge in [0.1, 0.15) is 17.0 Å². The van der Waals surface area contributed by atoms with Gasteiger partial charge in [0, 0.05) is 38.2 Å². The van der Waals surface area contributed by atoms with Gasteiger partial charge >= 0.3 is 18.0 Å². The number of ether oxygens (including phenoxy) is 3. The van der Waals surface area contributed by atoms with Gasteiger partial charge in [0.2, 0.25) is 5.82 Å². The average Bonchev–Trinajstić information content (AvgIpc) is 3.44. The summed E-state index contributed by atoms with van der Waals surface area (Å²) in [5.74, 6) is 0.389. The van der Waals surface area contributed by atoms with Crippen molar-refractivity contribution in [3.63, 3.8) is 0 Å². The van der Waals surface area contributed by atoms with Crippen molar-refractivity contribution < 1.29 is 33.4 Å². The molecule has 13 heteroatoms. The molecule has 0 fully saturated rings. The molecule has 1 atom stereocenters. The standard InChI is InChI=1S/C22H26N5O7P/c1-22(2,3)34-21(31)25-16-10-27(5)17(24-16)18(28)23-12-7-15(35-11-12)20(30)33-13-8-14(19(29)32-6)26(4)9-13/h7-11,35H,1-6H3,(H,23,28)(H,25,31). The zero-order valence-corrected chi connectivity index (χ0v) is 21.1. The number of amides is 2. The normalized spacial score (nSPS) is 11.3. The molecule has 0 aromatic carbocycles. The second-order valence-electron chi connectivity index (χ2n) is 8.50. The van der Waals surface area contributed by atoms with Gasteiger partial charge in [-0.25, -0.2) is 19.4 Å². The van der Waals surface area contributed by atoms with Gasteiger partial charge in [-0.1, -0.05) is 0 Å². The first-order valence-corrected chi connectivity index (χ1v) is 11.4. The van der Waals surface area contributed by atoms with Crippen LogP contribution in [0.25, 0.3) is 0 Å². The highest BCUT2D eigenvalue weighted by Crippen LogP contribution is 2.27. The Morgan fingerprint density at radius 3 is 2.37 bits per heavy atom. The van der Waals surface area contributed by atoms with Gasteiger partial charge in [-0.15, -0.1) is 8.19 Å². The lowest BCUT2D eigenvalue weighted by Gasteiger charge is -2.18. The van der Waals surface area contributed by atoms with Crippen LogP contribution < -0.4 is 15.4 Å². The van der Waals surface area contributed by atoms with Crippen molar-refractivity contribution in [2.24, 2.45) is 14.1 Å². The molecule has 186 valence electrons. The van der Waals surface area contributed by atoms with Gasteiger partial charge in [-0.05, 0) is 32.6 Å². The number of anilines is 2. The van der Waals surface area contributed by atoms with Crippen LogP contribution in [0, 0.1) is 0 Å². The highest BCUT2D eigenvalue weighted by Gasteiger charge is 2.21. The highest BCUT2D eigenvalue weighted by atomic mass is 31.0. The number of hydrogen-bond acceptors (Lipinski definition) is 8. The molecule has 0 aliphatic rings. The molecule has 3 heterocycles. The third-order valence-electron chi connectivity index (χ3n) is 4.45. The molecule has 0 radical (unpaired) electrons. The Morgan fingerprint density at radius 1 is 1.00 bits per heavy atom. The molecule has 2 N–H and O–H groups in total. The third kappa shape index (κ3) is 6.51. The number of carbonyl (C=O) groups is 4. The molecular weight excluding hydrogens is 477 g/mol. The maximum absolute atomic E-state index is 12.7. The lowest BCUT2D eigenvalue weighted by atomic mass is 10.2. The second kappa shape index (κ2) is 10.1. The molecule has 12 nitrogen and oxygen atoms in total. The molecule has 2 amide bonds. The summed E-state index contributed by atoms with van der Waals surface area (Å²) >= 11 is 0. The maximum atomic E-state index is 12.7. The fourth-order valence-corrected chi connectivity index (χ4v) is 3.85. The second-order valence-corrected chi connectivity index (χ2v) is 9.61. The molecule has 0 bridgehead atoms. The van der Waals surface area contributed by atoms with Gasteiger partial charge in [-0.2, -0.15) is 0 Å². The van der Waals surface area contributed by atoms with Crippen LogP contribution in [0.5, 0.6) is 5.75 Å². The fraction of sp³-hybridized carbons (Fsp3) is 0.318.